The third-order valence-electron chi connectivity index (χ3n) is 2.70. The predicted molar refractivity (Wildman–Crippen MR) is 72.8 cm³/mol. The van der Waals surface area contributed by atoms with E-state index in [2.05, 4.69) is 5.32 Å². The fourth-order valence-electron chi connectivity index (χ4n) is 1.73. The molecule has 2 rings (SSSR count). The number of hydrogen-bond acceptors (Lipinski definition) is 4. The van der Waals surface area contributed by atoms with Crippen LogP contribution in [0.3, 0.4) is 0 Å². The minimum absolute atomic E-state index is 0.200. The average Bonchev–Trinajstić information content (AvgIpc) is 2.38. The molecule has 0 amide bonds. The van der Waals surface area contributed by atoms with Crippen LogP contribution < -0.4 is 5.32 Å². The molecule has 0 aliphatic rings. The normalized spacial score (nSPS) is 10.1. The van der Waals surface area contributed by atoms with E-state index in [-0.39, 0.29) is 22.7 Å². The van der Waals surface area contributed by atoms with Crippen molar-refractivity contribution in [1.82, 2.24) is 0 Å². The van der Waals surface area contributed by atoms with Gasteiger partial charge in [0.1, 0.15) is 11.5 Å². The van der Waals surface area contributed by atoms with E-state index in [0.29, 0.717) is 5.69 Å². The second kappa shape index (κ2) is 5.48. The van der Waals surface area contributed by atoms with Crippen molar-refractivity contribution < 1.29 is 14.1 Å². The molecule has 2 aromatic rings. The van der Waals surface area contributed by atoms with E-state index in [1.54, 1.807) is 6.07 Å². The third kappa shape index (κ3) is 2.97. The number of nitrogens with zero attached hydrogens (tertiary/aromatic N) is 1. The molecule has 102 valence electrons. The van der Waals surface area contributed by atoms with Gasteiger partial charge in [0.25, 0.3) is 5.69 Å². The molecular weight excluding hydrogens is 263 g/mol. The molecule has 0 aliphatic carbocycles. The molecule has 20 heavy (non-hydrogen) atoms. The number of carbonyl (C=O) groups is 1. The van der Waals surface area contributed by atoms with Crippen molar-refractivity contribution in [3.05, 3.63) is 64.0 Å². The Labute approximate surface area is 114 Å². The van der Waals surface area contributed by atoms with Crippen molar-refractivity contribution in [2.45, 2.75) is 6.92 Å². The van der Waals surface area contributed by atoms with Crippen molar-refractivity contribution in [2.75, 3.05) is 5.32 Å². The van der Waals surface area contributed by atoms with Gasteiger partial charge < -0.3 is 5.32 Å². The molecule has 5 nitrogen and oxygen atoms in total. The maximum Gasteiger partial charge on any atom is 0.293 e. The molecule has 0 saturated carbocycles. The quantitative estimate of drug-likeness (QED) is 0.524. The van der Waals surface area contributed by atoms with E-state index in [9.17, 15) is 19.3 Å². The molecular formula is C14H11FN2O3. The molecule has 0 heterocycles. The van der Waals surface area contributed by atoms with Gasteiger partial charge in [-0.15, -0.1) is 0 Å². The number of halogens is 1. The Morgan fingerprint density at radius 2 is 2.00 bits per heavy atom. The van der Waals surface area contributed by atoms with Gasteiger partial charge in [0.2, 0.25) is 0 Å². The van der Waals surface area contributed by atoms with E-state index < -0.39 is 10.7 Å². The molecule has 0 aliphatic heterocycles. The monoisotopic (exact) mass is 274 g/mol. The molecule has 0 unspecified atom stereocenters. The second-order valence-corrected chi connectivity index (χ2v) is 4.18. The fourth-order valence-corrected chi connectivity index (χ4v) is 1.73. The summed E-state index contributed by atoms with van der Waals surface area (Å²) in [6.45, 7) is 1.33. The van der Waals surface area contributed by atoms with E-state index in [1.165, 1.54) is 43.3 Å². The lowest BCUT2D eigenvalue weighted by molar-refractivity contribution is -0.383. The van der Waals surface area contributed by atoms with Gasteiger partial charge in [0.15, 0.2) is 5.78 Å². The van der Waals surface area contributed by atoms with Crippen molar-refractivity contribution in [1.29, 1.82) is 0 Å². The fraction of sp³-hybridized carbons (Fsp3) is 0.0714. The zero-order valence-corrected chi connectivity index (χ0v) is 10.6. The van der Waals surface area contributed by atoms with Gasteiger partial charge in [0.05, 0.1) is 4.92 Å². The topological polar surface area (TPSA) is 72.2 Å². The molecule has 0 fully saturated rings. The first kappa shape index (κ1) is 13.7. The van der Waals surface area contributed by atoms with Gasteiger partial charge in [-0.05, 0) is 37.3 Å². The highest BCUT2D eigenvalue weighted by Gasteiger charge is 2.16. The lowest BCUT2D eigenvalue weighted by atomic mass is 10.1. The number of carbonyl (C=O) groups excluding carboxylic acids is 1. The summed E-state index contributed by atoms with van der Waals surface area (Å²) in [5.41, 5.74) is 0.609. The number of Topliss-reactive ketones (excluding diaryl/α,β-unsaturated/α-hetero) is 1. The number of ketones is 1. The van der Waals surface area contributed by atoms with Crippen LogP contribution in [-0.4, -0.2) is 10.7 Å². The van der Waals surface area contributed by atoms with Gasteiger partial charge in [-0.25, -0.2) is 4.39 Å². The van der Waals surface area contributed by atoms with Crippen LogP contribution in [0.2, 0.25) is 0 Å². The molecule has 0 aromatic heterocycles. The number of benzene rings is 2. The zero-order valence-electron chi connectivity index (χ0n) is 10.6. The van der Waals surface area contributed by atoms with Crippen molar-refractivity contribution in [2.24, 2.45) is 0 Å². The number of nitro groups is 1. The summed E-state index contributed by atoms with van der Waals surface area (Å²) in [5.74, 6) is -0.705. The van der Waals surface area contributed by atoms with Crippen LogP contribution in [0.4, 0.5) is 21.5 Å². The number of rotatable bonds is 4. The Balaban J connectivity index is 2.41. The molecule has 0 bridgehead atoms. The van der Waals surface area contributed by atoms with Crippen LogP contribution >= 0.6 is 0 Å². The van der Waals surface area contributed by atoms with E-state index >= 15 is 0 Å². The van der Waals surface area contributed by atoms with Crippen LogP contribution in [0.25, 0.3) is 0 Å². The number of nitro benzene ring substituents is 1. The number of nitrogens with one attached hydrogen (secondary N) is 1. The molecule has 0 saturated heterocycles. The highest BCUT2D eigenvalue weighted by molar-refractivity contribution is 5.95. The molecule has 0 spiro atoms. The summed E-state index contributed by atoms with van der Waals surface area (Å²) < 4.78 is 13.1. The lowest BCUT2D eigenvalue weighted by Gasteiger charge is -2.08. The number of anilines is 2. The van der Waals surface area contributed by atoms with Crippen molar-refractivity contribution in [3.8, 4) is 0 Å². The molecule has 1 N–H and O–H groups in total. The Bertz CT molecular complexity index is 686. The maximum absolute atomic E-state index is 13.1. The first-order chi connectivity index (χ1) is 9.47. The smallest absolute Gasteiger partial charge is 0.293 e. The summed E-state index contributed by atoms with van der Waals surface area (Å²) in [6, 6.07) is 9.70. The van der Waals surface area contributed by atoms with Gasteiger partial charge in [-0.3, -0.25) is 14.9 Å². The minimum atomic E-state index is -0.589. The summed E-state index contributed by atoms with van der Waals surface area (Å²) >= 11 is 0. The molecule has 2 aromatic carbocycles. The highest BCUT2D eigenvalue weighted by Crippen LogP contribution is 2.29. The highest BCUT2D eigenvalue weighted by atomic mass is 19.1. The molecule has 0 atom stereocenters. The first-order valence-corrected chi connectivity index (χ1v) is 5.79. The van der Waals surface area contributed by atoms with Crippen LogP contribution in [-0.2, 0) is 0 Å². The zero-order chi connectivity index (χ0) is 14.7. The van der Waals surface area contributed by atoms with Crippen LogP contribution in [0, 0.1) is 15.9 Å². The van der Waals surface area contributed by atoms with Crippen molar-refractivity contribution >= 4 is 22.8 Å². The van der Waals surface area contributed by atoms with Gasteiger partial charge >= 0.3 is 0 Å². The summed E-state index contributed by atoms with van der Waals surface area (Å²) in [6.07, 6.45) is 0. The average molecular weight is 274 g/mol. The van der Waals surface area contributed by atoms with E-state index in [1.807, 2.05) is 0 Å². The van der Waals surface area contributed by atoms with E-state index in [4.69, 9.17) is 0 Å². The SMILES string of the molecule is CC(=O)c1ccc(Nc2cccc(F)c2)c([N+](=O)[O-])c1. The van der Waals surface area contributed by atoms with Crippen LogP contribution in [0.15, 0.2) is 42.5 Å². The summed E-state index contributed by atoms with van der Waals surface area (Å²) in [7, 11) is 0. The Morgan fingerprint density at radius 3 is 2.60 bits per heavy atom. The van der Waals surface area contributed by atoms with Crippen molar-refractivity contribution in [3.63, 3.8) is 0 Å². The Kier molecular flexibility index (Phi) is 3.74. The van der Waals surface area contributed by atoms with Gasteiger partial charge in [-0.2, -0.15) is 0 Å². The summed E-state index contributed by atoms with van der Waals surface area (Å²) in [5, 5.41) is 13.8. The largest absolute Gasteiger partial charge is 0.350 e. The Morgan fingerprint density at radius 1 is 1.25 bits per heavy atom. The predicted octanol–water partition coefficient (Wildman–Crippen LogP) is 3.68. The molecule has 6 heteroatoms. The summed E-state index contributed by atoms with van der Waals surface area (Å²) in [4.78, 5) is 21.7. The second-order valence-electron chi connectivity index (χ2n) is 4.18. The third-order valence-corrected chi connectivity index (χ3v) is 2.70. The standard InChI is InChI=1S/C14H11FN2O3/c1-9(18)10-5-6-13(14(7-10)17(19)20)16-12-4-2-3-11(15)8-12/h2-8,16H,1H3. The van der Waals surface area contributed by atoms with Gasteiger partial charge in [0, 0.05) is 17.3 Å². The van der Waals surface area contributed by atoms with Crippen LogP contribution in [0.1, 0.15) is 17.3 Å². The lowest BCUT2D eigenvalue weighted by Crippen LogP contribution is -2.00. The van der Waals surface area contributed by atoms with Crippen LogP contribution in [0.5, 0.6) is 0 Å². The Hall–Kier alpha value is -2.76. The number of hydrogen-bond donors (Lipinski definition) is 1. The molecule has 0 radical (unpaired) electrons. The van der Waals surface area contributed by atoms with Gasteiger partial charge in [-0.1, -0.05) is 6.07 Å². The maximum atomic E-state index is 13.1. The minimum Gasteiger partial charge on any atom is -0.350 e. The van der Waals surface area contributed by atoms with E-state index in [0.717, 1.165) is 0 Å². The first-order valence-electron chi connectivity index (χ1n) is 5.79.